The molecule has 0 saturated carbocycles. The predicted octanol–water partition coefficient (Wildman–Crippen LogP) is 5.30. The van der Waals surface area contributed by atoms with Crippen LogP contribution >= 0.6 is 11.6 Å². The van der Waals surface area contributed by atoms with E-state index >= 15 is 4.39 Å². The van der Waals surface area contributed by atoms with Crippen LogP contribution in [0.1, 0.15) is 31.4 Å². The summed E-state index contributed by atoms with van der Waals surface area (Å²) in [5.41, 5.74) is 2.10. The molecule has 1 aliphatic heterocycles. The molecule has 2 heterocycles. The van der Waals surface area contributed by atoms with Crippen LogP contribution in [0.25, 0.3) is 10.9 Å². The number of rotatable bonds is 4. The summed E-state index contributed by atoms with van der Waals surface area (Å²) in [6, 6.07) is 9.27. The third kappa shape index (κ3) is 4.00. The molecule has 1 aromatic heterocycles. The number of anilines is 2. The van der Waals surface area contributed by atoms with Crippen LogP contribution in [-0.2, 0) is 0 Å². The van der Waals surface area contributed by atoms with Crippen molar-refractivity contribution in [3.63, 3.8) is 0 Å². The molecule has 2 N–H and O–H groups in total. The first-order chi connectivity index (χ1) is 13.9. The predicted molar refractivity (Wildman–Crippen MR) is 113 cm³/mol. The highest BCUT2D eigenvalue weighted by molar-refractivity contribution is 6.35. The summed E-state index contributed by atoms with van der Waals surface area (Å²) >= 11 is 6.13. The van der Waals surface area contributed by atoms with Crippen molar-refractivity contribution in [1.29, 1.82) is 0 Å². The van der Waals surface area contributed by atoms with Gasteiger partial charge in [0, 0.05) is 35.9 Å². The summed E-state index contributed by atoms with van der Waals surface area (Å²) in [6.45, 7) is 3.25. The molecule has 1 atom stereocenters. The lowest BCUT2D eigenvalue weighted by Gasteiger charge is -2.34. The largest absolute Gasteiger partial charge is 0.393 e. The number of halogens is 3. The zero-order valence-electron chi connectivity index (χ0n) is 16.0. The van der Waals surface area contributed by atoms with Gasteiger partial charge in [0.05, 0.1) is 22.9 Å². The Morgan fingerprint density at radius 1 is 1.17 bits per heavy atom. The van der Waals surface area contributed by atoms with E-state index in [9.17, 15) is 9.50 Å². The topological polar surface area (TPSA) is 48.4 Å². The van der Waals surface area contributed by atoms with Gasteiger partial charge in [-0.05, 0) is 56.2 Å². The molecular weight excluding hydrogens is 396 g/mol. The number of nitrogens with zero attached hydrogens (tertiary/aromatic N) is 2. The van der Waals surface area contributed by atoms with Gasteiger partial charge in [0.2, 0.25) is 0 Å². The summed E-state index contributed by atoms with van der Waals surface area (Å²) in [7, 11) is 0. The van der Waals surface area contributed by atoms with Crippen molar-refractivity contribution >= 4 is 33.9 Å². The molecule has 0 spiro atoms. The zero-order chi connectivity index (χ0) is 20.5. The minimum absolute atomic E-state index is 0.194. The SMILES string of the molecule is CC(Nc1ccc2c(Cl)ccnc2c1F)c1cc(F)ccc1N1CCC(O)CC1. The monoisotopic (exact) mass is 417 g/mol. The average molecular weight is 418 g/mol. The van der Waals surface area contributed by atoms with Crippen molar-refractivity contribution in [2.45, 2.75) is 31.9 Å². The fourth-order valence-corrected chi connectivity index (χ4v) is 4.05. The van der Waals surface area contributed by atoms with E-state index in [1.165, 1.54) is 18.3 Å². The smallest absolute Gasteiger partial charge is 0.172 e. The van der Waals surface area contributed by atoms with Gasteiger partial charge in [-0.15, -0.1) is 0 Å². The maximum absolute atomic E-state index is 15.0. The van der Waals surface area contributed by atoms with Gasteiger partial charge in [-0.25, -0.2) is 8.78 Å². The number of hydrogen-bond donors (Lipinski definition) is 2. The number of piperidine rings is 1. The summed E-state index contributed by atoms with van der Waals surface area (Å²) < 4.78 is 29.0. The van der Waals surface area contributed by atoms with Crippen LogP contribution in [0.3, 0.4) is 0 Å². The first kappa shape index (κ1) is 19.9. The highest BCUT2D eigenvalue weighted by Crippen LogP contribution is 2.34. The van der Waals surface area contributed by atoms with Gasteiger partial charge >= 0.3 is 0 Å². The fraction of sp³-hybridized carbons (Fsp3) is 0.318. The fourth-order valence-electron chi connectivity index (χ4n) is 3.84. The van der Waals surface area contributed by atoms with Gasteiger partial charge < -0.3 is 15.3 Å². The molecule has 0 aliphatic carbocycles. The number of pyridine rings is 1. The van der Waals surface area contributed by atoms with Crippen LogP contribution in [0.15, 0.2) is 42.6 Å². The van der Waals surface area contributed by atoms with Crippen molar-refractivity contribution in [3.8, 4) is 0 Å². The Hall–Kier alpha value is -2.44. The van der Waals surface area contributed by atoms with Crippen LogP contribution in [0.5, 0.6) is 0 Å². The lowest BCUT2D eigenvalue weighted by atomic mass is 10.0. The van der Waals surface area contributed by atoms with Gasteiger partial charge in [0.25, 0.3) is 0 Å². The molecule has 0 radical (unpaired) electrons. The minimum Gasteiger partial charge on any atom is -0.393 e. The molecule has 4 nitrogen and oxygen atoms in total. The number of hydrogen-bond acceptors (Lipinski definition) is 4. The molecule has 1 saturated heterocycles. The van der Waals surface area contributed by atoms with Crippen molar-refractivity contribution < 1.29 is 13.9 Å². The van der Waals surface area contributed by atoms with E-state index in [0.29, 0.717) is 36.3 Å². The first-order valence-corrected chi connectivity index (χ1v) is 10.0. The van der Waals surface area contributed by atoms with Crippen LogP contribution in [0.4, 0.5) is 20.2 Å². The van der Waals surface area contributed by atoms with Gasteiger partial charge in [0.15, 0.2) is 5.82 Å². The summed E-state index contributed by atoms with van der Waals surface area (Å²) in [5, 5.41) is 13.9. The quantitative estimate of drug-likeness (QED) is 0.604. The van der Waals surface area contributed by atoms with E-state index in [2.05, 4.69) is 15.2 Å². The molecule has 0 amide bonds. The van der Waals surface area contributed by atoms with Crippen LogP contribution < -0.4 is 10.2 Å². The van der Waals surface area contributed by atoms with E-state index in [0.717, 1.165) is 11.3 Å². The molecule has 3 aromatic rings. The normalized spacial score (nSPS) is 16.2. The van der Waals surface area contributed by atoms with Gasteiger partial charge in [-0.1, -0.05) is 11.6 Å². The molecular formula is C22H22ClF2N3O. The Labute approximate surface area is 173 Å². The van der Waals surface area contributed by atoms with E-state index in [4.69, 9.17) is 11.6 Å². The van der Waals surface area contributed by atoms with Crippen molar-refractivity contribution in [1.82, 2.24) is 4.98 Å². The molecule has 1 unspecified atom stereocenters. The summed E-state index contributed by atoms with van der Waals surface area (Å²) in [4.78, 5) is 6.24. The molecule has 0 bridgehead atoms. The summed E-state index contributed by atoms with van der Waals surface area (Å²) in [6.07, 6.45) is 2.52. The Kier molecular flexibility index (Phi) is 5.56. The molecule has 29 heavy (non-hydrogen) atoms. The van der Waals surface area contributed by atoms with Crippen LogP contribution in [0.2, 0.25) is 5.02 Å². The first-order valence-electron chi connectivity index (χ1n) is 9.65. The van der Waals surface area contributed by atoms with Crippen molar-refractivity contribution in [2.75, 3.05) is 23.3 Å². The molecule has 1 fully saturated rings. The molecule has 2 aromatic carbocycles. The van der Waals surface area contributed by atoms with E-state index < -0.39 is 5.82 Å². The second-order valence-electron chi connectivity index (χ2n) is 7.40. The van der Waals surface area contributed by atoms with E-state index in [1.807, 2.05) is 6.92 Å². The molecule has 152 valence electrons. The molecule has 4 rings (SSSR count). The number of aliphatic hydroxyl groups excluding tert-OH is 1. The number of nitrogens with one attached hydrogen (secondary N) is 1. The highest BCUT2D eigenvalue weighted by atomic mass is 35.5. The Morgan fingerprint density at radius 2 is 1.93 bits per heavy atom. The number of aromatic nitrogens is 1. The van der Waals surface area contributed by atoms with Gasteiger partial charge in [-0.3, -0.25) is 4.98 Å². The highest BCUT2D eigenvalue weighted by Gasteiger charge is 2.22. The standard InChI is InChI=1S/C22H22ClF2N3O/c1-13(27-19-4-3-16-18(23)6-9-26-22(16)21(19)25)17-12-14(24)2-5-20(17)28-10-7-15(29)8-11-28/h2-6,9,12-13,15,27,29H,7-8,10-11H2,1H3. The van der Waals surface area contributed by atoms with Crippen molar-refractivity contribution in [3.05, 3.63) is 64.8 Å². The molecule has 7 heteroatoms. The lowest BCUT2D eigenvalue weighted by Crippen LogP contribution is -2.36. The van der Waals surface area contributed by atoms with E-state index in [-0.39, 0.29) is 29.2 Å². The number of benzene rings is 2. The Balaban J connectivity index is 1.65. The zero-order valence-corrected chi connectivity index (χ0v) is 16.8. The molecule has 1 aliphatic rings. The maximum atomic E-state index is 15.0. The third-order valence-electron chi connectivity index (χ3n) is 5.43. The van der Waals surface area contributed by atoms with Gasteiger partial charge in [0.1, 0.15) is 11.3 Å². The van der Waals surface area contributed by atoms with Gasteiger partial charge in [-0.2, -0.15) is 0 Å². The number of aliphatic hydroxyl groups is 1. The second kappa shape index (κ2) is 8.13. The number of fused-ring (bicyclic) bond motifs is 1. The Bertz CT molecular complexity index is 1040. The van der Waals surface area contributed by atoms with Crippen molar-refractivity contribution in [2.24, 2.45) is 0 Å². The maximum Gasteiger partial charge on any atom is 0.172 e. The van der Waals surface area contributed by atoms with Crippen LogP contribution in [-0.4, -0.2) is 29.3 Å². The lowest BCUT2D eigenvalue weighted by molar-refractivity contribution is 0.145. The minimum atomic E-state index is -0.490. The summed E-state index contributed by atoms with van der Waals surface area (Å²) in [5.74, 6) is -0.835. The second-order valence-corrected chi connectivity index (χ2v) is 7.81. The van der Waals surface area contributed by atoms with E-state index in [1.54, 1.807) is 24.3 Å². The van der Waals surface area contributed by atoms with Crippen LogP contribution in [0, 0.1) is 11.6 Å². The Morgan fingerprint density at radius 3 is 2.69 bits per heavy atom. The average Bonchev–Trinajstić information content (AvgIpc) is 2.71. The third-order valence-corrected chi connectivity index (χ3v) is 5.76.